The highest BCUT2D eigenvalue weighted by Gasteiger charge is 2.42. The van der Waals surface area contributed by atoms with Gasteiger partial charge in [0.2, 0.25) is 5.91 Å². The normalized spacial score (nSPS) is 36.2. The predicted molar refractivity (Wildman–Crippen MR) is 70.0 cm³/mol. The third-order valence-electron chi connectivity index (χ3n) is 4.32. The minimum Gasteiger partial charge on any atom is -0.352 e. The summed E-state index contributed by atoms with van der Waals surface area (Å²) in [4.78, 5) is 12.4. The summed E-state index contributed by atoms with van der Waals surface area (Å²) in [5, 5.41) is 2.98. The van der Waals surface area contributed by atoms with E-state index in [2.05, 4.69) is 21.2 Å². The van der Waals surface area contributed by atoms with Gasteiger partial charge in [-0.25, -0.2) is 0 Å². The van der Waals surface area contributed by atoms with Crippen LogP contribution in [0.5, 0.6) is 0 Å². The summed E-state index contributed by atoms with van der Waals surface area (Å²) < 4.78 is 37.6. The molecule has 0 aromatic heterocycles. The van der Waals surface area contributed by atoms with E-state index in [9.17, 15) is 18.0 Å². The van der Waals surface area contributed by atoms with E-state index in [0.717, 1.165) is 19.3 Å². The third kappa shape index (κ3) is 3.86. The average molecular weight is 342 g/mol. The Balaban J connectivity index is 1.79. The van der Waals surface area contributed by atoms with Gasteiger partial charge in [-0.2, -0.15) is 13.2 Å². The highest BCUT2D eigenvalue weighted by molar-refractivity contribution is 9.09. The van der Waals surface area contributed by atoms with Gasteiger partial charge in [0.1, 0.15) is 0 Å². The number of amides is 1. The van der Waals surface area contributed by atoms with Crippen molar-refractivity contribution < 1.29 is 18.0 Å². The van der Waals surface area contributed by atoms with Crippen molar-refractivity contribution in [1.82, 2.24) is 5.32 Å². The Morgan fingerprint density at radius 2 is 1.68 bits per heavy atom. The fourth-order valence-corrected chi connectivity index (χ4v) is 3.78. The molecule has 2 aliphatic carbocycles. The van der Waals surface area contributed by atoms with Crippen LogP contribution >= 0.6 is 15.9 Å². The van der Waals surface area contributed by atoms with Crippen molar-refractivity contribution in [2.45, 2.75) is 62.0 Å². The van der Waals surface area contributed by atoms with E-state index >= 15 is 0 Å². The third-order valence-corrected chi connectivity index (χ3v) is 5.42. The number of hydrogen-bond donors (Lipinski definition) is 1. The van der Waals surface area contributed by atoms with Crippen LogP contribution in [0.4, 0.5) is 13.2 Å². The molecule has 2 aliphatic rings. The minimum absolute atomic E-state index is 0.0584. The maximum Gasteiger partial charge on any atom is 0.391 e. The molecule has 1 N–H and O–H groups in total. The molecule has 0 aromatic carbocycles. The Morgan fingerprint density at radius 1 is 1.05 bits per heavy atom. The lowest BCUT2D eigenvalue weighted by Gasteiger charge is -2.30. The highest BCUT2D eigenvalue weighted by Crippen LogP contribution is 2.39. The number of rotatable bonds is 2. The summed E-state index contributed by atoms with van der Waals surface area (Å²) in [6.07, 6.45) is -0.125. The molecule has 2 saturated carbocycles. The molecule has 0 radical (unpaired) electrons. The van der Waals surface area contributed by atoms with Gasteiger partial charge in [-0.3, -0.25) is 4.79 Å². The van der Waals surface area contributed by atoms with Crippen molar-refractivity contribution in [3.05, 3.63) is 0 Å². The Bertz CT molecular complexity index is 326. The van der Waals surface area contributed by atoms with E-state index < -0.39 is 12.1 Å². The summed E-state index contributed by atoms with van der Waals surface area (Å²) in [5.41, 5.74) is 0. The van der Waals surface area contributed by atoms with Gasteiger partial charge in [-0.1, -0.05) is 22.4 Å². The lowest BCUT2D eigenvalue weighted by atomic mass is 9.81. The molecule has 0 saturated heterocycles. The van der Waals surface area contributed by atoms with Crippen LogP contribution in [0.15, 0.2) is 0 Å². The molecule has 0 heterocycles. The first-order chi connectivity index (χ1) is 8.88. The van der Waals surface area contributed by atoms with Gasteiger partial charge in [-0.15, -0.1) is 0 Å². The molecule has 2 fully saturated rings. The summed E-state index contributed by atoms with van der Waals surface area (Å²) >= 11 is 3.53. The topological polar surface area (TPSA) is 29.1 Å². The van der Waals surface area contributed by atoms with Crippen molar-refractivity contribution in [2.24, 2.45) is 11.8 Å². The zero-order chi connectivity index (χ0) is 14.0. The lowest BCUT2D eigenvalue weighted by Crippen LogP contribution is -2.42. The van der Waals surface area contributed by atoms with Crippen molar-refractivity contribution in [1.29, 1.82) is 0 Å². The van der Waals surface area contributed by atoms with E-state index in [0.29, 0.717) is 17.7 Å². The Morgan fingerprint density at radius 3 is 2.16 bits per heavy atom. The van der Waals surface area contributed by atoms with Crippen LogP contribution in [-0.2, 0) is 4.79 Å². The van der Waals surface area contributed by atoms with E-state index in [1.165, 1.54) is 0 Å². The second kappa shape index (κ2) is 6.02. The maximum atomic E-state index is 12.5. The first-order valence-corrected chi connectivity index (χ1v) is 7.80. The predicted octanol–water partition coefficient (Wildman–Crippen LogP) is 3.79. The van der Waals surface area contributed by atoms with Crippen molar-refractivity contribution in [2.75, 3.05) is 0 Å². The van der Waals surface area contributed by atoms with Gasteiger partial charge in [0.25, 0.3) is 0 Å². The van der Waals surface area contributed by atoms with E-state index in [-0.39, 0.29) is 30.7 Å². The van der Waals surface area contributed by atoms with Gasteiger partial charge in [0.15, 0.2) is 0 Å². The molecule has 2 atom stereocenters. The molecular weight excluding hydrogens is 323 g/mol. The molecule has 2 rings (SSSR count). The summed E-state index contributed by atoms with van der Waals surface area (Å²) in [6, 6.07) is 0.146. The summed E-state index contributed by atoms with van der Waals surface area (Å²) in [7, 11) is 0. The van der Waals surface area contributed by atoms with Crippen molar-refractivity contribution in [3.63, 3.8) is 0 Å². The number of halogens is 4. The molecule has 0 aliphatic heterocycles. The van der Waals surface area contributed by atoms with E-state index in [1.54, 1.807) is 0 Å². The first kappa shape index (κ1) is 15.1. The standard InChI is InChI=1S/C13H19BrF3NO/c14-10-2-1-3-11(10)18-12(19)8-4-6-9(7-5-8)13(15,16)17/h8-11H,1-7H2,(H,18,19). The number of carbonyl (C=O) groups is 1. The summed E-state index contributed by atoms with van der Waals surface area (Å²) in [5.74, 6) is -1.51. The van der Waals surface area contributed by atoms with Gasteiger partial charge in [0.05, 0.1) is 5.92 Å². The van der Waals surface area contributed by atoms with E-state index in [4.69, 9.17) is 0 Å². The number of nitrogens with one attached hydrogen (secondary N) is 1. The fourth-order valence-electron chi connectivity index (χ4n) is 3.06. The van der Waals surface area contributed by atoms with E-state index in [1.807, 2.05) is 0 Å². The minimum atomic E-state index is -4.10. The molecule has 6 heteroatoms. The van der Waals surface area contributed by atoms with Crippen LogP contribution in [0.25, 0.3) is 0 Å². The number of alkyl halides is 4. The van der Waals surface area contributed by atoms with Crippen molar-refractivity contribution in [3.8, 4) is 0 Å². The SMILES string of the molecule is O=C(NC1CCCC1Br)C1CCC(C(F)(F)F)CC1. The zero-order valence-corrected chi connectivity index (χ0v) is 12.3. The van der Waals surface area contributed by atoms with Gasteiger partial charge in [0, 0.05) is 16.8 Å². The number of carbonyl (C=O) groups excluding carboxylic acids is 1. The molecule has 0 spiro atoms. The quantitative estimate of drug-likeness (QED) is 0.760. The van der Waals surface area contributed by atoms with Gasteiger partial charge >= 0.3 is 6.18 Å². The lowest BCUT2D eigenvalue weighted by molar-refractivity contribution is -0.184. The van der Waals surface area contributed by atoms with Crippen LogP contribution in [-0.4, -0.2) is 23.0 Å². The highest BCUT2D eigenvalue weighted by atomic mass is 79.9. The summed E-state index contributed by atoms with van der Waals surface area (Å²) in [6.45, 7) is 0. The smallest absolute Gasteiger partial charge is 0.352 e. The van der Waals surface area contributed by atoms with Crippen LogP contribution in [0, 0.1) is 11.8 Å². The monoisotopic (exact) mass is 341 g/mol. The second-order valence-corrected chi connectivity index (χ2v) is 6.83. The fraction of sp³-hybridized carbons (Fsp3) is 0.923. The molecule has 19 heavy (non-hydrogen) atoms. The average Bonchev–Trinajstić information content (AvgIpc) is 2.74. The van der Waals surface area contributed by atoms with Gasteiger partial charge < -0.3 is 5.32 Å². The first-order valence-electron chi connectivity index (χ1n) is 6.89. The molecule has 2 nitrogen and oxygen atoms in total. The van der Waals surface area contributed by atoms with Crippen LogP contribution < -0.4 is 5.32 Å². The Hall–Kier alpha value is -0.260. The zero-order valence-electron chi connectivity index (χ0n) is 10.7. The van der Waals surface area contributed by atoms with Gasteiger partial charge in [-0.05, 0) is 38.5 Å². The molecule has 1 amide bonds. The molecular formula is C13H19BrF3NO. The molecule has 2 unspecified atom stereocenters. The largest absolute Gasteiger partial charge is 0.391 e. The molecule has 0 aromatic rings. The number of hydrogen-bond acceptors (Lipinski definition) is 1. The second-order valence-electron chi connectivity index (χ2n) is 5.65. The van der Waals surface area contributed by atoms with Crippen LogP contribution in [0.2, 0.25) is 0 Å². The molecule has 0 bridgehead atoms. The Kier molecular flexibility index (Phi) is 4.79. The van der Waals surface area contributed by atoms with Crippen molar-refractivity contribution >= 4 is 21.8 Å². The van der Waals surface area contributed by atoms with Crippen LogP contribution in [0.3, 0.4) is 0 Å². The van der Waals surface area contributed by atoms with Crippen LogP contribution in [0.1, 0.15) is 44.9 Å². The maximum absolute atomic E-state index is 12.5. The Labute approximate surface area is 119 Å². The molecule has 110 valence electrons.